The lowest BCUT2D eigenvalue weighted by atomic mass is 10.3. The minimum absolute atomic E-state index is 0.0261. The van der Waals surface area contributed by atoms with Gasteiger partial charge in [0.1, 0.15) is 18.5 Å². The molecule has 0 aliphatic heterocycles. The van der Waals surface area contributed by atoms with Crippen LogP contribution in [0.5, 0.6) is 5.75 Å². The van der Waals surface area contributed by atoms with Crippen LogP contribution in [0.15, 0.2) is 24.4 Å². The molecule has 0 amide bonds. The molecule has 1 aromatic heterocycles. The second-order valence-corrected chi connectivity index (χ2v) is 4.52. The first kappa shape index (κ1) is 15.3. The van der Waals surface area contributed by atoms with Gasteiger partial charge in [-0.2, -0.15) is 0 Å². The van der Waals surface area contributed by atoms with Crippen LogP contribution in [-0.4, -0.2) is 39.4 Å². The predicted molar refractivity (Wildman–Crippen MR) is 70.6 cm³/mol. The molecule has 1 unspecified atom stereocenters. The van der Waals surface area contributed by atoms with E-state index in [-0.39, 0.29) is 18.9 Å². The van der Waals surface area contributed by atoms with Crippen LogP contribution < -0.4 is 10.1 Å². The van der Waals surface area contributed by atoms with Gasteiger partial charge in [0.2, 0.25) is 0 Å². The highest BCUT2D eigenvalue weighted by Gasteiger charge is 2.08. The Bertz CT molecular complexity index is 591. The molecule has 0 spiro atoms. The largest absolute Gasteiger partial charge is 0.491 e. The van der Waals surface area contributed by atoms with E-state index in [0.29, 0.717) is 6.54 Å². The van der Waals surface area contributed by atoms with Crippen LogP contribution in [0.3, 0.4) is 0 Å². The molecule has 0 radical (unpaired) electrons. The van der Waals surface area contributed by atoms with Gasteiger partial charge in [0.15, 0.2) is 11.6 Å². The van der Waals surface area contributed by atoms with Crippen LogP contribution in [0.4, 0.5) is 8.78 Å². The smallest absolute Gasteiger partial charge is 0.162 e. The van der Waals surface area contributed by atoms with Gasteiger partial charge >= 0.3 is 0 Å². The molecule has 1 aromatic carbocycles. The highest BCUT2D eigenvalue weighted by Crippen LogP contribution is 2.15. The summed E-state index contributed by atoms with van der Waals surface area (Å²) < 4.78 is 32.5. The molecule has 2 rings (SSSR count). The SMILES string of the molecule is Cn1nncc1CNCC(O)COc1ccc(F)c(F)c1. The van der Waals surface area contributed by atoms with E-state index >= 15 is 0 Å². The number of aromatic nitrogens is 3. The van der Waals surface area contributed by atoms with Crippen molar-refractivity contribution in [3.8, 4) is 5.75 Å². The molecular formula is C13H16F2N4O2. The average Bonchev–Trinajstić information content (AvgIpc) is 2.86. The van der Waals surface area contributed by atoms with Crippen molar-refractivity contribution in [1.82, 2.24) is 20.3 Å². The van der Waals surface area contributed by atoms with E-state index in [1.807, 2.05) is 0 Å². The van der Waals surface area contributed by atoms with Crippen LogP contribution in [0.2, 0.25) is 0 Å². The Balaban J connectivity index is 1.71. The lowest BCUT2D eigenvalue weighted by Crippen LogP contribution is -2.31. The summed E-state index contributed by atoms with van der Waals surface area (Å²) in [7, 11) is 1.77. The first-order chi connectivity index (χ1) is 10.1. The molecule has 2 N–H and O–H groups in total. The van der Waals surface area contributed by atoms with Crippen LogP contribution in [0, 0.1) is 11.6 Å². The number of benzene rings is 1. The maximum atomic E-state index is 13.0. The van der Waals surface area contributed by atoms with E-state index < -0.39 is 17.7 Å². The first-order valence-electron chi connectivity index (χ1n) is 6.36. The Morgan fingerprint density at radius 3 is 2.86 bits per heavy atom. The Morgan fingerprint density at radius 1 is 1.38 bits per heavy atom. The number of halogens is 2. The summed E-state index contributed by atoms with van der Waals surface area (Å²) in [5.41, 5.74) is 0.878. The molecule has 0 fully saturated rings. The zero-order chi connectivity index (χ0) is 15.2. The van der Waals surface area contributed by atoms with E-state index in [2.05, 4.69) is 15.6 Å². The van der Waals surface area contributed by atoms with Crippen molar-refractivity contribution in [3.63, 3.8) is 0 Å². The van der Waals surface area contributed by atoms with Gasteiger partial charge in [-0.25, -0.2) is 8.78 Å². The van der Waals surface area contributed by atoms with Gasteiger partial charge in [-0.15, -0.1) is 5.10 Å². The highest BCUT2D eigenvalue weighted by molar-refractivity contribution is 5.23. The van der Waals surface area contributed by atoms with Crippen molar-refractivity contribution < 1.29 is 18.6 Å². The number of aliphatic hydroxyl groups is 1. The Morgan fingerprint density at radius 2 is 2.19 bits per heavy atom. The molecule has 0 saturated carbocycles. The van der Waals surface area contributed by atoms with Gasteiger partial charge in [-0.1, -0.05) is 5.21 Å². The van der Waals surface area contributed by atoms with Crippen LogP contribution in [0.25, 0.3) is 0 Å². The molecule has 6 nitrogen and oxygen atoms in total. The minimum Gasteiger partial charge on any atom is -0.491 e. The molecule has 0 saturated heterocycles. The minimum atomic E-state index is -0.983. The third kappa shape index (κ3) is 4.47. The number of nitrogens with one attached hydrogen (secondary N) is 1. The third-order valence-corrected chi connectivity index (χ3v) is 2.83. The lowest BCUT2D eigenvalue weighted by molar-refractivity contribution is 0.106. The Hall–Kier alpha value is -2.06. The summed E-state index contributed by atoms with van der Waals surface area (Å²) in [5.74, 6) is -1.75. The van der Waals surface area contributed by atoms with Crippen LogP contribution in [0.1, 0.15) is 5.69 Å². The molecule has 8 heteroatoms. The number of ether oxygens (including phenoxy) is 1. The van der Waals surface area contributed by atoms with Crippen molar-refractivity contribution in [2.45, 2.75) is 12.6 Å². The maximum absolute atomic E-state index is 13.0. The summed E-state index contributed by atoms with van der Waals surface area (Å²) in [4.78, 5) is 0. The third-order valence-electron chi connectivity index (χ3n) is 2.83. The summed E-state index contributed by atoms with van der Waals surface area (Å²) in [6.45, 7) is 0.766. The maximum Gasteiger partial charge on any atom is 0.162 e. The summed E-state index contributed by atoms with van der Waals surface area (Å²) in [6.07, 6.45) is 0.844. The fourth-order valence-electron chi connectivity index (χ4n) is 1.66. The summed E-state index contributed by atoms with van der Waals surface area (Å²) in [5, 5.41) is 20.3. The van der Waals surface area contributed by atoms with Gasteiger partial charge in [0.25, 0.3) is 0 Å². The van der Waals surface area contributed by atoms with Gasteiger partial charge in [0, 0.05) is 26.2 Å². The standard InChI is InChI=1S/C13H16F2N4O2/c1-19-9(6-17-18-19)5-16-7-10(20)8-21-11-2-3-12(14)13(15)4-11/h2-4,6,10,16,20H,5,7-8H2,1H3. The predicted octanol–water partition coefficient (Wildman–Crippen LogP) is 0.623. The van der Waals surface area contributed by atoms with Crippen LogP contribution >= 0.6 is 0 Å². The second-order valence-electron chi connectivity index (χ2n) is 4.52. The molecule has 0 aliphatic carbocycles. The number of rotatable bonds is 7. The molecular weight excluding hydrogens is 282 g/mol. The zero-order valence-corrected chi connectivity index (χ0v) is 11.5. The quantitative estimate of drug-likeness (QED) is 0.784. The Labute approximate surface area is 120 Å². The summed E-state index contributed by atoms with van der Waals surface area (Å²) >= 11 is 0. The van der Waals surface area contributed by atoms with Crippen molar-refractivity contribution in [1.29, 1.82) is 0 Å². The van der Waals surface area contributed by atoms with Crippen molar-refractivity contribution >= 4 is 0 Å². The normalized spacial score (nSPS) is 12.4. The molecule has 21 heavy (non-hydrogen) atoms. The molecule has 1 atom stereocenters. The van der Waals surface area contributed by atoms with Crippen molar-refractivity contribution in [2.24, 2.45) is 7.05 Å². The number of aliphatic hydroxyl groups excluding tert-OH is 1. The molecule has 114 valence electrons. The monoisotopic (exact) mass is 298 g/mol. The topological polar surface area (TPSA) is 72.2 Å². The molecule has 1 heterocycles. The lowest BCUT2D eigenvalue weighted by Gasteiger charge is -2.13. The van der Waals surface area contributed by atoms with Crippen molar-refractivity contribution in [3.05, 3.63) is 41.7 Å². The van der Waals surface area contributed by atoms with Gasteiger partial charge < -0.3 is 15.2 Å². The fourth-order valence-corrected chi connectivity index (χ4v) is 1.66. The van der Waals surface area contributed by atoms with E-state index in [9.17, 15) is 13.9 Å². The number of nitrogens with zero attached hydrogens (tertiary/aromatic N) is 3. The number of aryl methyl sites for hydroxylation is 1. The molecule has 0 bridgehead atoms. The van der Waals surface area contributed by atoms with Gasteiger partial charge in [-0.3, -0.25) is 4.68 Å². The average molecular weight is 298 g/mol. The summed E-state index contributed by atoms with van der Waals surface area (Å²) in [6, 6.07) is 3.22. The van der Waals surface area contributed by atoms with Crippen molar-refractivity contribution in [2.75, 3.05) is 13.2 Å². The Kier molecular flexibility index (Phi) is 5.18. The second kappa shape index (κ2) is 7.09. The van der Waals surface area contributed by atoms with Gasteiger partial charge in [-0.05, 0) is 12.1 Å². The van der Waals surface area contributed by atoms with Crippen LogP contribution in [-0.2, 0) is 13.6 Å². The van der Waals surface area contributed by atoms with E-state index in [1.165, 1.54) is 6.07 Å². The number of hydrogen-bond acceptors (Lipinski definition) is 5. The molecule has 0 aliphatic rings. The van der Waals surface area contributed by atoms with E-state index in [0.717, 1.165) is 17.8 Å². The zero-order valence-electron chi connectivity index (χ0n) is 11.5. The first-order valence-corrected chi connectivity index (χ1v) is 6.36. The highest BCUT2D eigenvalue weighted by atomic mass is 19.2. The number of hydrogen-bond donors (Lipinski definition) is 2. The molecule has 2 aromatic rings. The van der Waals surface area contributed by atoms with Gasteiger partial charge in [0.05, 0.1) is 11.9 Å². The van der Waals surface area contributed by atoms with E-state index in [4.69, 9.17) is 4.74 Å². The van der Waals surface area contributed by atoms with E-state index in [1.54, 1.807) is 17.9 Å². The fraction of sp³-hybridized carbons (Fsp3) is 0.385.